The molecule has 0 unspecified atom stereocenters. The molecule has 0 spiro atoms. The van der Waals surface area contributed by atoms with E-state index >= 15 is 0 Å². The van der Waals surface area contributed by atoms with Crippen LogP contribution in [0.25, 0.3) is 0 Å². The summed E-state index contributed by atoms with van der Waals surface area (Å²) in [5.74, 6) is -1.74. The number of hydrogen-bond donors (Lipinski definition) is 2. The van der Waals surface area contributed by atoms with Gasteiger partial charge >= 0.3 is 0 Å². The molecule has 6 nitrogen and oxygen atoms in total. The van der Waals surface area contributed by atoms with Gasteiger partial charge in [-0.1, -0.05) is 23.2 Å². The fourth-order valence-corrected chi connectivity index (χ4v) is 3.36. The first kappa shape index (κ1) is 18.9. The summed E-state index contributed by atoms with van der Waals surface area (Å²) in [4.78, 5) is 27.9. The normalized spacial score (nSPS) is 14.1. The van der Waals surface area contributed by atoms with Gasteiger partial charge in [-0.25, -0.2) is 4.39 Å². The van der Waals surface area contributed by atoms with Crippen LogP contribution in [0.4, 0.5) is 4.39 Å². The summed E-state index contributed by atoms with van der Waals surface area (Å²) in [6.45, 7) is 1.72. The first-order chi connectivity index (χ1) is 13.4. The number of H-pyrrole nitrogens is 1. The highest BCUT2D eigenvalue weighted by Gasteiger charge is 2.23. The van der Waals surface area contributed by atoms with Crippen LogP contribution >= 0.6 is 23.2 Å². The first-order valence-corrected chi connectivity index (χ1v) is 9.33. The van der Waals surface area contributed by atoms with Gasteiger partial charge in [0.2, 0.25) is 0 Å². The number of halogens is 3. The van der Waals surface area contributed by atoms with Crippen LogP contribution in [0, 0.1) is 5.82 Å². The van der Waals surface area contributed by atoms with Crippen molar-refractivity contribution >= 4 is 34.8 Å². The maximum Gasteiger partial charge on any atom is 0.199 e. The highest BCUT2D eigenvalue weighted by molar-refractivity contribution is 6.37. The third-order valence-corrected chi connectivity index (χ3v) is 5.28. The number of aromatic amines is 1. The number of benzene rings is 1. The lowest BCUT2D eigenvalue weighted by Crippen LogP contribution is -2.43. The Morgan fingerprint density at radius 1 is 1.25 bits per heavy atom. The van der Waals surface area contributed by atoms with Crippen LogP contribution in [0.5, 0.6) is 0 Å². The van der Waals surface area contributed by atoms with Gasteiger partial charge in [0.05, 0.1) is 33.5 Å². The lowest BCUT2D eigenvalue weighted by molar-refractivity contribution is 0.0988. The zero-order valence-corrected chi connectivity index (χ0v) is 16.0. The highest BCUT2D eigenvalue weighted by Crippen LogP contribution is 2.28. The van der Waals surface area contributed by atoms with E-state index in [1.165, 1.54) is 24.4 Å². The fourth-order valence-electron chi connectivity index (χ4n) is 2.98. The van der Waals surface area contributed by atoms with Gasteiger partial charge < -0.3 is 10.3 Å². The van der Waals surface area contributed by atoms with Crippen LogP contribution in [0.15, 0.2) is 36.8 Å². The van der Waals surface area contributed by atoms with Crippen molar-refractivity contribution in [1.29, 1.82) is 0 Å². The summed E-state index contributed by atoms with van der Waals surface area (Å²) in [7, 11) is 0. The Morgan fingerprint density at radius 3 is 2.71 bits per heavy atom. The average Bonchev–Trinajstić information content (AvgIpc) is 3.27. The lowest BCUT2D eigenvalue weighted by atomic mass is 10.0. The minimum Gasteiger partial charge on any atom is -0.358 e. The van der Waals surface area contributed by atoms with Crippen LogP contribution in [0.3, 0.4) is 0 Å². The molecule has 3 heterocycles. The summed E-state index contributed by atoms with van der Waals surface area (Å²) < 4.78 is 16.1. The Morgan fingerprint density at radius 2 is 2.00 bits per heavy atom. The van der Waals surface area contributed by atoms with Crippen LogP contribution in [-0.2, 0) is 6.42 Å². The molecular formula is C19H15Cl2FN4O2. The number of nitrogens with zero attached hydrogens (tertiary/aromatic N) is 2. The molecule has 144 valence electrons. The Kier molecular flexibility index (Phi) is 5.05. The molecule has 9 heteroatoms. The fraction of sp³-hybridized carbons (Fsp3) is 0.211. The summed E-state index contributed by atoms with van der Waals surface area (Å²) in [5.41, 5.74) is 0.841. The molecule has 1 aliphatic heterocycles. The molecule has 1 saturated heterocycles. The van der Waals surface area contributed by atoms with Gasteiger partial charge in [-0.3, -0.25) is 14.3 Å². The van der Waals surface area contributed by atoms with E-state index < -0.39 is 11.6 Å². The van der Waals surface area contributed by atoms with Crippen LogP contribution < -0.4 is 5.32 Å². The maximum absolute atomic E-state index is 14.2. The van der Waals surface area contributed by atoms with Crippen molar-refractivity contribution in [3.63, 3.8) is 0 Å². The third kappa shape index (κ3) is 3.48. The second-order valence-electron chi connectivity index (χ2n) is 6.59. The van der Waals surface area contributed by atoms with E-state index in [9.17, 15) is 14.0 Å². The quantitative estimate of drug-likeness (QED) is 0.472. The Balaban J connectivity index is 1.51. The van der Waals surface area contributed by atoms with E-state index in [0.717, 1.165) is 18.7 Å². The van der Waals surface area contributed by atoms with Crippen molar-refractivity contribution in [3.8, 4) is 0 Å². The van der Waals surface area contributed by atoms with Crippen molar-refractivity contribution in [2.45, 2.75) is 12.5 Å². The largest absolute Gasteiger partial charge is 0.358 e. The van der Waals surface area contributed by atoms with Crippen LogP contribution in [0.1, 0.15) is 38.0 Å². The van der Waals surface area contributed by atoms with E-state index in [1.807, 2.05) is 10.9 Å². The maximum atomic E-state index is 14.2. The molecular weight excluding hydrogens is 406 g/mol. The number of ketones is 2. The van der Waals surface area contributed by atoms with Gasteiger partial charge in [-0.2, -0.15) is 5.10 Å². The third-order valence-electron chi connectivity index (χ3n) is 4.67. The van der Waals surface area contributed by atoms with Crippen molar-refractivity contribution in [2.24, 2.45) is 0 Å². The number of hydrogen-bond acceptors (Lipinski definition) is 4. The molecule has 1 aliphatic rings. The molecule has 0 aliphatic carbocycles. The van der Waals surface area contributed by atoms with E-state index in [4.69, 9.17) is 23.2 Å². The minimum atomic E-state index is -0.883. The predicted octanol–water partition coefficient (Wildman–Crippen LogP) is 3.46. The smallest absolute Gasteiger partial charge is 0.199 e. The Labute approximate surface area is 169 Å². The topological polar surface area (TPSA) is 79.8 Å². The molecule has 0 atom stereocenters. The molecule has 2 aromatic heterocycles. The van der Waals surface area contributed by atoms with Gasteiger partial charge in [-0.05, 0) is 23.8 Å². The van der Waals surface area contributed by atoms with Crippen LogP contribution in [0.2, 0.25) is 10.0 Å². The zero-order valence-electron chi connectivity index (χ0n) is 14.5. The van der Waals surface area contributed by atoms with Gasteiger partial charge in [-0.15, -0.1) is 0 Å². The summed E-state index contributed by atoms with van der Waals surface area (Å²) in [5, 5.41) is 7.20. The molecule has 4 rings (SSSR count). The van der Waals surface area contributed by atoms with Crippen molar-refractivity contribution in [3.05, 3.63) is 75.0 Å². The molecule has 0 saturated carbocycles. The zero-order chi connectivity index (χ0) is 19.8. The monoisotopic (exact) mass is 420 g/mol. The number of carbonyl (C=O) groups is 2. The molecule has 1 aromatic carbocycles. The minimum absolute atomic E-state index is 0.0427. The number of rotatable bonds is 6. The predicted molar refractivity (Wildman–Crippen MR) is 103 cm³/mol. The molecule has 3 aromatic rings. The van der Waals surface area contributed by atoms with Crippen molar-refractivity contribution < 1.29 is 14.0 Å². The molecule has 2 N–H and O–H groups in total. The molecule has 0 bridgehead atoms. The van der Waals surface area contributed by atoms with Gasteiger partial charge in [0.25, 0.3) is 0 Å². The Hall–Kier alpha value is -2.48. The second kappa shape index (κ2) is 7.50. The highest BCUT2D eigenvalue weighted by atomic mass is 35.5. The van der Waals surface area contributed by atoms with Crippen molar-refractivity contribution in [2.75, 3.05) is 13.1 Å². The van der Waals surface area contributed by atoms with Gasteiger partial charge in [0.1, 0.15) is 0 Å². The summed E-state index contributed by atoms with van der Waals surface area (Å²) >= 11 is 11.7. The van der Waals surface area contributed by atoms with E-state index in [-0.39, 0.29) is 39.1 Å². The van der Waals surface area contributed by atoms with Crippen molar-refractivity contribution in [1.82, 2.24) is 20.1 Å². The molecule has 0 radical (unpaired) electrons. The van der Waals surface area contributed by atoms with E-state index in [2.05, 4.69) is 15.4 Å². The standard InChI is InChI=1S/C19H15Cl2FN4O2/c20-13-1-2-14(21)18(22)17(13)19(28)11-4-15(24-6-11)16(27)3-10-5-25-26(9-10)12-7-23-8-12/h1-2,4-6,9,12,23-24H,3,7-8H2. The summed E-state index contributed by atoms with van der Waals surface area (Å²) in [6, 6.07) is 4.34. The SMILES string of the molecule is O=C(Cc1cnn(C2CNC2)c1)c1cc(C(=O)c2c(Cl)ccc(Cl)c2F)c[nH]1. The van der Waals surface area contributed by atoms with Crippen LogP contribution in [-0.4, -0.2) is 39.4 Å². The average molecular weight is 421 g/mol. The number of carbonyl (C=O) groups excluding carboxylic acids is 2. The second-order valence-corrected chi connectivity index (χ2v) is 7.40. The van der Waals surface area contributed by atoms with Gasteiger partial charge in [0, 0.05) is 37.5 Å². The van der Waals surface area contributed by atoms with E-state index in [0.29, 0.717) is 6.04 Å². The lowest BCUT2D eigenvalue weighted by Gasteiger charge is -2.27. The number of nitrogens with one attached hydrogen (secondary N) is 2. The van der Waals surface area contributed by atoms with Gasteiger partial charge in [0.15, 0.2) is 17.4 Å². The molecule has 0 amide bonds. The Bertz CT molecular complexity index is 1070. The number of aromatic nitrogens is 3. The molecule has 28 heavy (non-hydrogen) atoms. The molecule has 1 fully saturated rings. The first-order valence-electron chi connectivity index (χ1n) is 8.57. The van der Waals surface area contributed by atoms with E-state index in [1.54, 1.807) is 6.20 Å². The number of Topliss-reactive ketones (excluding diaryl/α,β-unsaturated/α-hetero) is 1. The summed E-state index contributed by atoms with van der Waals surface area (Å²) in [6.07, 6.45) is 5.00.